The first-order chi connectivity index (χ1) is 13.2. The van der Waals surface area contributed by atoms with E-state index in [1.807, 2.05) is 6.07 Å². The van der Waals surface area contributed by atoms with Crippen LogP contribution < -0.4 is 4.74 Å². The van der Waals surface area contributed by atoms with Crippen molar-refractivity contribution in [2.45, 2.75) is 12.8 Å². The first-order valence-electron chi connectivity index (χ1n) is 7.63. The first kappa shape index (κ1) is 20.3. The number of ether oxygens (including phenoxy) is 1. The van der Waals surface area contributed by atoms with E-state index in [9.17, 15) is 13.2 Å². The molecule has 144 valence electrons. The van der Waals surface area contributed by atoms with E-state index in [0.29, 0.717) is 11.8 Å². The highest BCUT2D eigenvalue weighted by molar-refractivity contribution is 6.40. The third-order valence-corrected chi connectivity index (χ3v) is 4.52. The van der Waals surface area contributed by atoms with Gasteiger partial charge >= 0.3 is 6.18 Å². The molecule has 0 N–H and O–H groups in total. The van der Waals surface area contributed by atoms with E-state index >= 15 is 0 Å². The fourth-order valence-electron chi connectivity index (χ4n) is 2.47. The van der Waals surface area contributed by atoms with Gasteiger partial charge in [-0.05, 0) is 18.2 Å². The number of nitrogens with zero attached hydrogens (tertiary/aromatic N) is 3. The number of aromatic nitrogens is 2. The zero-order valence-electron chi connectivity index (χ0n) is 13.8. The van der Waals surface area contributed by atoms with Crippen LogP contribution in [0, 0.1) is 11.3 Å². The molecule has 1 heterocycles. The molecule has 0 amide bonds. The Bertz CT molecular complexity index is 1050. The van der Waals surface area contributed by atoms with Gasteiger partial charge in [0.15, 0.2) is 0 Å². The van der Waals surface area contributed by atoms with Crippen LogP contribution in [0.5, 0.6) is 5.88 Å². The second-order valence-corrected chi connectivity index (χ2v) is 6.80. The zero-order chi connectivity index (χ0) is 20.5. The maximum atomic E-state index is 13.4. The second-order valence-electron chi connectivity index (χ2n) is 5.55. The molecule has 0 aliphatic rings. The summed E-state index contributed by atoms with van der Waals surface area (Å²) in [6, 6.07) is 11.0. The van der Waals surface area contributed by atoms with Gasteiger partial charge in [-0.3, -0.25) is 0 Å². The number of hydrogen-bond donors (Lipinski definition) is 0. The van der Waals surface area contributed by atoms with Crippen LogP contribution in [0.25, 0.3) is 5.69 Å². The van der Waals surface area contributed by atoms with Crippen LogP contribution >= 0.6 is 34.8 Å². The van der Waals surface area contributed by atoms with Gasteiger partial charge in [0.25, 0.3) is 0 Å². The number of alkyl halides is 3. The summed E-state index contributed by atoms with van der Waals surface area (Å²) in [6.07, 6.45) is -4.11. The molecule has 0 atom stereocenters. The zero-order valence-corrected chi connectivity index (χ0v) is 16.0. The van der Waals surface area contributed by atoms with Crippen molar-refractivity contribution in [1.29, 1.82) is 5.26 Å². The van der Waals surface area contributed by atoms with Crippen LogP contribution in [-0.2, 0) is 12.8 Å². The summed E-state index contributed by atoms with van der Waals surface area (Å²) >= 11 is 18.1. The van der Waals surface area contributed by atoms with E-state index in [-0.39, 0.29) is 32.9 Å². The number of halogens is 6. The number of hydrogen-bond acceptors (Lipinski definition) is 3. The van der Waals surface area contributed by atoms with Gasteiger partial charge in [0.1, 0.15) is 17.9 Å². The van der Waals surface area contributed by atoms with Crippen LogP contribution in [0.4, 0.5) is 13.2 Å². The molecule has 10 heteroatoms. The fraction of sp³-hybridized carbons (Fsp3) is 0.111. The van der Waals surface area contributed by atoms with Crippen molar-refractivity contribution < 1.29 is 17.9 Å². The highest BCUT2D eigenvalue weighted by atomic mass is 35.5. The molecule has 0 fully saturated rings. The number of nitriles is 1. The van der Waals surface area contributed by atoms with Gasteiger partial charge in [-0.15, -0.1) is 0 Å². The van der Waals surface area contributed by atoms with Gasteiger partial charge in [0.05, 0.1) is 27.9 Å². The highest BCUT2D eigenvalue weighted by Gasteiger charge is 2.38. The molecule has 3 rings (SSSR count). The van der Waals surface area contributed by atoms with Crippen molar-refractivity contribution in [2.24, 2.45) is 0 Å². The standard InChI is InChI=1S/C18H9Cl3F3N3O/c19-12-5-14(20)16(15(21)6-12)27-17(13(8-26-27)18(22,23)24)28-9-11-4-2-1-3-10(11)7-25/h1-6,8H,9H2. The lowest BCUT2D eigenvalue weighted by Gasteiger charge is -2.15. The van der Waals surface area contributed by atoms with Gasteiger partial charge in [0.2, 0.25) is 5.88 Å². The number of rotatable bonds is 4. The molecule has 0 spiro atoms. The monoisotopic (exact) mass is 445 g/mol. The van der Waals surface area contributed by atoms with E-state index in [1.54, 1.807) is 18.2 Å². The Morgan fingerprint density at radius 2 is 1.75 bits per heavy atom. The van der Waals surface area contributed by atoms with Gasteiger partial charge in [-0.2, -0.15) is 28.2 Å². The Hall–Kier alpha value is -2.40. The minimum atomic E-state index is -4.73. The quantitative estimate of drug-likeness (QED) is 0.472. The Labute approximate surface area is 172 Å². The fourth-order valence-corrected chi connectivity index (χ4v) is 3.45. The summed E-state index contributed by atoms with van der Waals surface area (Å²) < 4.78 is 46.6. The summed E-state index contributed by atoms with van der Waals surface area (Å²) in [7, 11) is 0. The van der Waals surface area contributed by atoms with Gasteiger partial charge in [0, 0.05) is 10.6 Å². The lowest BCUT2D eigenvalue weighted by Crippen LogP contribution is -2.11. The summed E-state index contributed by atoms with van der Waals surface area (Å²) in [5.74, 6) is -0.605. The Morgan fingerprint density at radius 1 is 1.11 bits per heavy atom. The molecule has 1 aromatic heterocycles. The average molecular weight is 447 g/mol. The van der Waals surface area contributed by atoms with Gasteiger partial charge in [-0.1, -0.05) is 53.0 Å². The van der Waals surface area contributed by atoms with Crippen LogP contribution in [0.1, 0.15) is 16.7 Å². The van der Waals surface area contributed by atoms with E-state index in [2.05, 4.69) is 5.10 Å². The normalized spacial score (nSPS) is 11.3. The van der Waals surface area contributed by atoms with Crippen molar-refractivity contribution in [3.8, 4) is 17.6 Å². The van der Waals surface area contributed by atoms with Crippen LogP contribution in [0.3, 0.4) is 0 Å². The molecule has 0 bridgehead atoms. The van der Waals surface area contributed by atoms with E-state index < -0.39 is 17.6 Å². The SMILES string of the molecule is N#Cc1ccccc1COc1c(C(F)(F)F)cnn1-c1c(Cl)cc(Cl)cc1Cl. The third-order valence-electron chi connectivity index (χ3n) is 3.73. The van der Waals surface area contributed by atoms with Crippen molar-refractivity contribution in [1.82, 2.24) is 9.78 Å². The molecule has 3 aromatic rings. The lowest BCUT2D eigenvalue weighted by molar-refractivity contribution is -0.139. The van der Waals surface area contributed by atoms with Crippen LogP contribution in [0.2, 0.25) is 15.1 Å². The van der Waals surface area contributed by atoms with Crippen molar-refractivity contribution in [3.63, 3.8) is 0 Å². The van der Waals surface area contributed by atoms with Crippen LogP contribution in [0.15, 0.2) is 42.6 Å². The molecular weight excluding hydrogens is 438 g/mol. The van der Waals surface area contributed by atoms with Gasteiger partial charge in [-0.25, -0.2) is 0 Å². The summed E-state index contributed by atoms with van der Waals surface area (Å²) in [6.45, 7) is -0.290. The second kappa shape index (κ2) is 7.92. The molecule has 0 saturated heterocycles. The van der Waals surface area contributed by atoms with Crippen LogP contribution in [-0.4, -0.2) is 9.78 Å². The average Bonchev–Trinajstić information content (AvgIpc) is 3.03. The maximum Gasteiger partial charge on any atom is 0.423 e. The van der Waals surface area contributed by atoms with Gasteiger partial charge < -0.3 is 4.74 Å². The topological polar surface area (TPSA) is 50.8 Å². The van der Waals surface area contributed by atoms with E-state index in [1.165, 1.54) is 18.2 Å². The predicted molar refractivity (Wildman–Crippen MR) is 99.1 cm³/mol. The predicted octanol–water partition coefficient (Wildman–Crippen LogP) is 6.30. The molecule has 4 nitrogen and oxygen atoms in total. The molecule has 0 aliphatic carbocycles. The summed E-state index contributed by atoms with van der Waals surface area (Å²) in [5.41, 5.74) is -0.417. The maximum absolute atomic E-state index is 13.4. The van der Waals surface area contributed by atoms with Crippen molar-refractivity contribution in [3.05, 3.63) is 74.4 Å². The van der Waals surface area contributed by atoms with E-state index in [0.717, 1.165) is 4.68 Å². The molecule has 0 unspecified atom stereocenters. The summed E-state index contributed by atoms with van der Waals surface area (Å²) in [5, 5.41) is 13.1. The third kappa shape index (κ3) is 4.04. The Kier molecular flexibility index (Phi) is 5.75. The molecule has 0 radical (unpaired) electrons. The molecule has 28 heavy (non-hydrogen) atoms. The highest BCUT2D eigenvalue weighted by Crippen LogP contribution is 2.41. The van der Waals surface area contributed by atoms with Crippen molar-refractivity contribution in [2.75, 3.05) is 0 Å². The first-order valence-corrected chi connectivity index (χ1v) is 8.76. The lowest BCUT2D eigenvalue weighted by atomic mass is 10.1. The molecule has 0 aliphatic heterocycles. The largest absolute Gasteiger partial charge is 0.472 e. The smallest absolute Gasteiger partial charge is 0.423 e. The minimum absolute atomic E-state index is 0.00315. The number of benzene rings is 2. The molecule has 2 aromatic carbocycles. The molecule has 0 saturated carbocycles. The summed E-state index contributed by atoms with van der Waals surface area (Å²) in [4.78, 5) is 0. The van der Waals surface area contributed by atoms with E-state index in [4.69, 9.17) is 44.8 Å². The Morgan fingerprint density at radius 3 is 2.36 bits per heavy atom. The minimum Gasteiger partial charge on any atom is -0.472 e. The Balaban J connectivity index is 2.09. The molecular formula is C18H9Cl3F3N3O. The van der Waals surface area contributed by atoms with Crippen molar-refractivity contribution >= 4 is 34.8 Å².